The molecule has 2 N–H and O–H groups in total. The molecule has 0 unspecified atom stereocenters. The van der Waals surface area contributed by atoms with Gasteiger partial charge in [-0.15, -0.1) is 5.10 Å². The number of hydrogen-bond donors (Lipinski definition) is 1. The second-order valence-electron chi connectivity index (χ2n) is 4.41. The van der Waals surface area contributed by atoms with Crippen LogP contribution < -0.4 is 5.73 Å². The molecular formula is C13H16N6O. The first-order valence-corrected chi connectivity index (χ1v) is 6.47. The van der Waals surface area contributed by atoms with Crippen LogP contribution in [0.4, 0.5) is 11.9 Å². The number of rotatable bonds is 3. The molecule has 0 atom stereocenters. The summed E-state index contributed by atoms with van der Waals surface area (Å²) < 4.78 is 6.85. The van der Waals surface area contributed by atoms with Crippen molar-refractivity contribution in [1.82, 2.24) is 19.7 Å². The zero-order valence-corrected chi connectivity index (χ0v) is 11.0. The van der Waals surface area contributed by atoms with Gasteiger partial charge in [-0.1, -0.05) is 18.2 Å². The average Bonchev–Trinajstić information content (AvgIpc) is 2.88. The summed E-state index contributed by atoms with van der Waals surface area (Å²) in [6.07, 6.45) is 1.74. The number of anilines is 1. The first kappa shape index (κ1) is 12.6. The Morgan fingerprint density at radius 2 is 1.95 bits per heavy atom. The minimum atomic E-state index is 0.324. The van der Waals surface area contributed by atoms with Crippen LogP contribution in [0.25, 0.3) is 5.69 Å². The number of ether oxygens (including phenoxy) is 1. The smallest absolute Gasteiger partial charge is 0.271 e. The molecule has 1 aliphatic rings. The topological polar surface area (TPSA) is 81.6 Å². The summed E-state index contributed by atoms with van der Waals surface area (Å²) in [6, 6.07) is 9.62. The summed E-state index contributed by atoms with van der Waals surface area (Å²) in [7, 11) is 0. The molecule has 0 aliphatic carbocycles. The third kappa shape index (κ3) is 2.77. The highest BCUT2D eigenvalue weighted by molar-refractivity contribution is 5.59. The molecule has 1 saturated heterocycles. The maximum atomic E-state index is 5.86. The standard InChI is InChI=1S/C13H16N6O/c14-12-16-13(15-10-18-6-8-20-9-7-18)17-19(12)11-4-2-1-3-5-11/h1-5,10H,6-9H2,(H2,14,16,17)/b15-10+. The lowest BCUT2D eigenvalue weighted by Crippen LogP contribution is -2.35. The van der Waals surface area contributed by atoms with E-state index in [9.17, 15) is 0 Å². The average molecular weight is 272 g/mol. The summed E-state index contributed by atoms with van der Waals surface area (Å²) in [5, 5.41) is 4.29. The molecule has 20 heavy (non-hydrogen) atoms. The first-order valence-electron chi connectivity index (χ1n) is 6.47. The summed E-state index contributed by atoms with van der Waals surface area (Å²) in [4.78, 5) is 10.5. The van der Waals surface area contributed by atoms with Gasteiger partial charge in [-0.05, 0) is 12.1 Å². The first-order chi connectivity index (χ1) is 9.83. The number of nitrogens with two attached hydrogens (primary N) is 1. The van der Waals surface area contributed by atoms with Gasteiger partial charge in [0.25, 0.3) is 5.95 Å². The van der Waals surface area contributed by atoms with E-state index in [-0.39, 0.29) is 0 Å². The Labute approximate surface area is 116 Å². The van der Waals surface area contributed by atoms with Crippen LogP contribution in [0.1, 0.15) is 0 Å². The van der Waals surface area contributed by atoms with Gasteiger partial charge in [0.15, 0.2) is 0 Å². The van der Waals surface area contributed by atoms with E-state index in [1.807, 2.05) is 30.3 Å². The highest BCUT2D eigenvalue weighted by Gasteiger charge is 2.09. The third-order valence-corrected chi connectivity index (χ3v) is 3.00. The minimum absolute atomic E-state index is 0.324. The predicted octanol–water partition coefficient (Wildman–Crippen LogP) is 0.841. The van der Waals surface area contributed by atoms with E-state index >= 15 is 0 Å². The number of hydrogen-bond acceptors (Lipinski definition) is 5. The normalized spacial score (nSPS) is 15.9. The Hall–Kier alpha value is -2.41. The van der Waals surface area contributed by atoms with Gasteiger partial charge in [0.2, 0.25) is 5.95 Å². The lowest BCUT2D eigenvalue weighted by atomic mass is 10.3. The molecule has 0 amide bonds. The summed E-state index contributed by atoms with van der Waals surface area (Å²) in [5.41, 5.74) is 6.73. The molecule has 0 spiro atoms. The molecule has 1 aromatic heterocycles. The number of aromatic nitrogens is 3. The van der Waals surface area contributed by atoms with Crippen LogP contribution in [0.5, 0.6) is 0 Å². The molecule has 2 aromatic rings. The van der Waals surface area contributed by atoms with Crippen molar-refractivity contribution in [3.63, 3.8) is 0 Å². The van der Waals surface area contributed by atoms with Crippen molar-refractivity contribution in [2.75, 3.05) is 32.0 Å². The van der Waals surface area contributed by atoms with Gasteiger partial charge in [-0.2, -0.15) is 9.67 Å². The quantitative estimate of drug-likeness (QED) is 0.661. The van der Waals surface area contributed by atoms with Gasteiger partial charge in [0.1, 0.15) is 0 Å². The monoisotopic (exact) mass is 272 g/mol. The molecule has 0 bridgehead atoms. The minimum Gasteiger partial charge on any atom is -0.378 e. The van der Waals surface area contributed by atoms with E-state index in [4.69, 9.17) is 10.5 Å². The fourth-order valence-electron chi connectivity index (χ4n) is 1.95. The SMILES string of the molecule is Nc1nc(/N=C/N2CCOCC2)nn1-c1ccccc1. The van der Waals surface area contributed by atoms with Crippen molar-refractivity contribution in [1.29, 1.82) is 0 Å². The number of nitrogens with zero attached hydrogens (tertiary/aromatic N) is 5. The largest absolute Gasteiger partial charge is 0.378 e. The lowest BCUT2D eigenvalue weighted by Gasteiger charge is -2.23. The molecule has 1 aliphatic heterocycles. The fourth-order valence-corrected chi connectivity index (χ4v) is 1.95. The predicted molar refractivity (Wildman–Crippen MR) is 76.3 cm³/mol. The maximum Gasteiger partial charge on any atom is 0.271 e. The van der Waals surface area contributed by atoms with Gasteiger partial charge in [0.05, 0.1) is 25.2 Å². The van der Waals surface area contributed by atoms with Crippen LogP contribution in [0.3, 0.4) is 0 Å². The van der Waals surface area contributed by atoms with E-state index in [1.165, 1.54) is 0 Å². The molecule has 2 heterocycles. The molecule has 104 valence electrons. The number of aliphatic imine (C=N–C) groups is 1. The molecule has 0 saturated carbocycles. The number of morpholine rings is 1. The molecule has 7 heteroatoms. The second-order valence-corrected chi connectivity index (χ2v) is 4.41. The van der Waals surface area contributed by atoms with Gasteiger partial charge >= 0.3 is 0 Å². The molecular weight excluding hydrogens is 256 g/mol. The van der Waals surface area contributed by atoms with E-state index in [1.54, 1.807) is 11.0 Å². The fraction of sp³-hybridized carbons (Fsp3) is 0.308. The van der Waals surface area contributed by atoms with Crippen molar-refractivity contribution in [3.05, 3.63) is 30.3 Å². The molecule has 0 radical (unpaired) electrons. The summed E-state index contributed by atoms with van der Waals surface area (Å²) in [5.74, 6) is 0.683. The van der Waals surface area contributed by atoms with Crippen molar-refractivity contribution in [2.24, 2.45) is 4.99 Å². The molecule has 7 nitrogen and oxygen atoms in total. The Morgan fingerprint density at radius 1 is 1.20 bits per heavy atom. The van der Waals surface area contributed by atoms with E-state index in [2.05, 4.69) is 20.0 Å². The van der Waals surface area contributed by atoms with Crippen LogP contribution in [0.15, 0.2) is 35.3 Å². The van der Waals surface area contributed by atoms with E-state index in [0.717, 1.165) is 32.0 Å². The summed E-state index contributed by atoms with van der Waals surface area (Å²) >= 11 is 0. The second kappa shape index (κ2) is 5.70. The van der Waals surface area contributed by atoms with Crippen molar-refractivity contribution in [3.8, 4) is 5.69 Å². The Morgan fingerprint density at radius 3 is 2.70 bits per heavy atom. The van der Waals surface area contributed by atoms with Crippen LogP contribution in [-0.4, -0.2) is 52.3 Å². The van der Waals surface area contributed by atoms with E-state index in [0.29, 0.717) is 11.9 Å². The lowest BCUT2D eigenvalue weighted by molar-refractivity contribution is 0.0701. The van der Waals surface area contributed by atoms with Gasteiger partial charge < -0.3 is 15.4 Å². The maximum absolute atomic E-state index is 5.86. The van der Waals surface area contributed by atoms with Crippen LogP contribution >= 0.6 is 0 Å². The van der Waals surface area contributed by atoms with Crippen molar-refractivity contribution >= 4 is 18.2 Å². The summed E-state index contributed by atoms with van der Waals surface area (Å²) in [6.45, 7) is 3.11. The van der Waals surface area contributed by atoms with Gasteiger partial charge in [0, 0.05) is 13.1 Å². The van der Waals surface area contributed by atoms with E-state index < -0.39 is 0 Å². The highest BCUT2D eigenvalue weighted by Crippen LogP contribution is 2.14. The van der Waals surface area contributed by atoms with Gasteiger partial charge in [-0.25, -0.2) is 4.99 Å². The highest BCUT2D eigenvalue weighted by atomic mass is 16.5. The number of benzene rings is 1. The zero-order chi connectivity index (χ0) is 13.8. The Kier molecular flexibility index (Phi) is 3.60. The molecule has 1 fully saturated rings. The van der Waals surface area contributed by atoms with Crippen molar-refractivity contribution < 1.29 is 4.74 Å². The Bertz CT molecular complexity index is 588. The molecule has 1 aromatic carbocycles. The Balaban J connectivity index is 1.77. The molecule has 3 rings (SSSR count). The van der Waals surface area contributed by atoms with Crippen LogP contribution in [0.2, 0.25) is 0 Å². The number of para-hydroxylation sites is 1. The third-order valence-electron chi connectivity index (χ3n) is 3.00. The van der Waals surface area contributed by atoms with Crippen LogP contribution in [0, 0.1) is 0 Å². The van der Waals surface area contributed by atoms with Gasteiger partial charge in [-0.3, -0.25) is 0 Å². The number of nitrogen functional groups attached to an aromatic ring is 1. The van der Waals surface area contributed by atoms with Crippen molar-refractivity contribution in [2.45, 2.75) is 0 Å². The van der Waals surface area contributed by atoms with Crippen LogP contribution in [-0.2, 0) is 4.74 Å². The zero-order valence-electron chi connectivity index (χ0n) is 11.0.